The number of rotatable bonds is 5. The van der Waals surface area contributed by atoms with Crippen LogP contribution in [0.5, 0.6) is 0 Å². The van der Waals surface area contributed by atoms with Crippen LogP contribution in [-0.2, 0) is 0 Å². The van der Waals surface area contributed by atoms with Crippen molar-refractivity contribution in [3.05, 3.63) is 22.3 Å². The third-order valence-corrected chi connectivity index (χ3v) is 3.12. The van der Waals surface area contributed by atoms with Crippen LogP contribution in [0.1, 0.15) is 19.4 Å². The Hall–Kier alpha value is -0.610. The van der Waals surface area contributed by atoms with Crippen LogP contribution in [0.4, 0.5) is 5.82 Å². The van der Waals surface area contributed by atoms with E-state index in [9.17, 15) is 0 Å². The van der Waals surface area contributed by atoms with Crippen molar-refractivity contribution < 1.29 is 0 Å². The topological polar surface area (TPSA) is 28.2 Å². The standard InChI is InChI=1S/C12H20BrN3/c1-9(2)16(4)6-5-14-12-10(3)7-11(13)8-15-12/h7-9H,5-6H2,1-4H3,(H,14,15). The SMILES string of the molecule is Cc1cc(Br)cnc1NCCN(C)C(C)C. The van der Waals surface area contributed by atoms with Gasteiger partial charge in [0.1, 0.15) is 5.82 Å². The molecule has 1 heterocycles. The molecule has 0 bridgehead atoms. The van der Waals surface area contributed by atoms with E-state index >= 15 is 0 Å². The number of hydrogen-bond acceptors (Lipinski definition) is 3. The zero-order valence-corrected chi connectivity index (χ0v) is 12.0. The number of hydrogen-bond donors (Lipinski definition) is 1. The van der Waals surface area contributed by atoms with Gasteiger partial charge in [0.2, 0.25) is 0 Å². The molecular weight excluding hydrogens is 266 g/mol. The van der Waals surface area contributed by atoms with E-state index in [1.165, 1.54) is 5.56 Å². The Bertz CT molecular complexity index is 339. The van der Waals surface area contributed by atoms with Crippen LogP contribution < -0.4 is 5.32 Å². The minimum absolute atomic E-state index is 0.584. The lowest BCUT2D eigenvalue weighted by Crippen LogP contribution is -2.31. The van der Waals surface area contributed by atoms with E-state index in [0.29, 0.717) is 6.04 Å². The molecule has 0 amide bonds. The predicted molar refractivity (Wildman–Crippen MR) is 72.9 cm³/mol. The smallest absolute Gasteiger partial charge is 0.128 e. The Morgan fingerprint density at radius 3 is 2.75 bits per heavy atom. The summed E-state index contributed by atoms with van der Waals surface area (Å²) in [5.74, 6) is 0.973. The summed E-state index contributed by atoms with van der Waals surface area (Å²) < 4.78 is 1.02. The van der Waals surface area contributed by atoms with Crippen molar-refractivity contribution >= 4 is 21.7 Å². The van der Waals surface area contributed by atoms with E-state index in [0.717, 1.165) is 23.4 Å². The Kier molecular flexibility index (Phi) is 5.22. The third-order valence-electron chi connectivity index (χ3n) is 2.68. The second kappa shape index (κ2) is 6.21. The van der Waals surface area contributed by atoms with Gasteiger partial charge >= 0.3 is 0 Å². The van der Waals surface area contributed by atoms with Crippen LogP contribution >= 0.6 is 15.9 Å². The summed E-state index contributed by atoms with van der Waals surface area (Å²) >= 11 is 3.41. The van der Waals surface area contributed by atoms with Crippen LogP contribution in [0.3, 0.4) is 0 Å². The van der Waals surface area contributed by atoms with E-state index in [4.69, 9.17) is 0 Å². The maximum absolute atomic E-state index is 4.34. The summed E-state index contributed by atoms with van der Waals surface area (Å²) in [6.07, 6.45) is 1.82. The maximum atomic E-state index is 4.34. The Morgan fingerprint density at radius 2 is 2.19 bits per heavy atom. The number of pyridine rings is 1. The zero-order chi connectivity index (χ0) is 12.1. The van der Waals surface area contributed by atoms with Gasteiger partial charge in [-0.3, -0.25) is 0 Å². The number of nitrogens with one attached hydrogen (secondary N) is 1. The monoisotopic (exact) mass is 285 g/mol. The Labute approximate surface area is 106 Å². The summed E-state index contributed by atoms with van der Waals surface area (Å²) in [6, 6.07) is 2.65. The Morgan fingerprint density at radius 1 is 1.50 bits per heavy atom. The van der Waals surface area contributed by atoms with Crippen molar-refractivity contribution in [2.45, 2.75) is 26.8 Å². The second-order valence-electron chi connectivity index (χ2n) is 4.32. The van der Waals surface area contributed by atoms with E-state index in [1.54, 1.807) is 0 Å². The van der Waals surface area contributed by atoms with Gasteiger partial charge in [0.15, 0.2) is 0 Å². The average molecular weight is 286 g/mol. The second-order valence-corrected chi connectivity index (χ2v) is 5.24. The summed E-state index contributed by atoms with van der Waals surface area (Å²) in [7, 11) is 2.13. The van der Waals surface area contributed by atoms with Gasteiger partial charge in [0.25, 0.3) is 0 Å². The zero-order valence-electron chi connectivity index (χ0n) is 10.4. The molecule has 0 spiro atoms. The average Bonchev–Trinajstić information content (AvgIpc) is 2.20. The van der Waals surface area contributed by atoms with Gasteiger partial charge in [-0.1, -0.05) is 0 Å². The van der Waals surface area contributed by atoms with Gasteiger partial charge in [-0.2, -0.15) is 0 Å². The highest BCUT2D eigenvalue weighted by Gasteiger charge is 2.03. The predicted octanol–water partition coefficient (Wildman–Crippen LogP) is 2.90. The molecule has 4 heteroatoms. The molecule has 3 nitrogen and oxygen atoms in total. The fourth-order valence-electron chi connectivity index (χ4n) is 1.33. The normalized spacial score (nSPS) is 11.2. The number of likely N-dealkylation sites (N-methyl/N-ethyl adjacent to an activating group) is 1. The lowest BCUT2D eigenvalue weighted by Gasteiger charge is -2.21. The lowest BCUT2D eigenvalue weighted by molar-refractivity contribution is 0.284. The number of anilines is 1. The van der Waals surface area contributed by atoms with Crippen molar-refractivity contribution in [3.63, 3.8) is 0 Å². The first-order valence-corrected chi connectivity index (χ1v) is 6.36. The summed E-state index contributed by atoms with van der Waals surface area (Å²) in [5, 5.41) is 3.35. The van der Waals surface area contributed by atoms with Crippen LogP contribution in [0.25, 0.3) is 0 Å². The van der Waals surface area contributed by atoms with E-state index in [2.05, 4.69) is 65.0 Å². The Balaban J connectivity index is 2.43. The molecule has 0 fully saturated rings. The van der Waals surface area contributed by atoms with Gasteiger partial charge < -0.3 is 10.2 Å². The first kappa shape index (κ1) is 13.5. The fourth-order valence-corrected chi connectivity index (χ4v) is 1.78. The molecule has 1 rings (SSSR count). The van der Waals surface area contributed by atoms with Gasteiger partial charge in [-0.15, -0.1) is 0 Å². The minimum Gasteiger partial charge on any atom is -0.369 e. The van der Waals surface area contributed by atoms with E-state index < -0.39 is 0 Å². The van der Waals surface area contributed by atoms with Crippen molar-refractivity contribution in [3.8, 4) is 0 Å². The molecule has 0 saturated heterocycles. The van der Waals surface area contributed by atoms with Crippen molar-refractivity contribution in [1.29, 1.82) is 0 Å². The quantitative estimate of drug-likeness (QED) is 0.902. The highest BCUT2D eigenvalue weighted by atomic mass is 79.9. The molecule has 0 radical (unpaired) electrons. The van der Waals surface area contributed by atoms with Gasteiger partial charge in [0, 0.05) is 29.8 Å². The molecule has 0 aliphatic carbocycles. The molecule has 0 aliphatic heterocycles. The highest BCUT2D eigenvalue weighted by Crippen LogP contribution is 2.16. The van der Waals surface area contributed by atoms with E-state index in [-0.39, 0.29) is 0 Å². The van der Waals surface area contributed by atoms with Crippen LogP contribution in [0.2, 0.25) is 0 Å². The highest BCUT2D eigenvalue weighted by molar-refractivity contribution is 9.10. The molecular formula is C12H20BrN3. The third kappa shape index (κ3) is 4.10. The molecule has 0 aliphatic rings. The van der Waals surface area contributed by atoms with Crippen molar-refractivity contribution in [2.24, 2.45) is 0 Å². The van der Waals surface area contributed by atoms with Crippen LogP contribution in [0.15, 0.2) is 16.7 Å². The molecule has 90 valence electrons. The first-order valence-electron chi connectivity index (χ1n) is 5.57. The van der Waals surface area contributed by atoms with Gasteiger partial charge in [-0.25, -0.2) is 4.98 Å². The number of aromatic nitrogens is 1. The van der Waals surface area contributed by atoms with Crippen molar-refractivity contribution in [1.82, 2.24) is 9.88 Å². The molecule has 0 atom stereocenters. The minimum atomic E-state index is 0.584. The van der Waals surface area contributed by atoms with Crippen LogP contribution in [-0.4, -0.2) is 36.1 Å². The molecule has 0 saturated carbocycles. The molecule has 1 N–H and O–H groups in total. The molecule has 0 unspecified atom stereocenters. The van der Waals surface area contributed by atoms with E-state index in [1.807, 2.05) is 6.20 Å². The lowest BCUT2D eigenvalue weighted by atomic mass is 10.3. The molecule has 0 aromatic carbocycles. The number of aryl methyl sites for hydroxylation is 1. The maximum Gasteiger partial charge on any atom is 0.128 e. The van der Waals surface area contributed by atoms with Gasteiger partial charge in [0.05, 0.1) is 0 Å². The molecule has 1 aromatic heterocycles. The summed E-state index contributed by atoms with van der Waals surface area (Å²) in [6.45, 7) is 8.40. The van der Waals surface area contributed by atoms with Crippen molar-refractivity contribution in [2.75, 3.05) is 25.5 Å². The van der Waals surface area contributed by atoms with Gasteiger partial charge in [-0.05, 0) is 55.4 Å². The summed E-state index contributed by atoms with van der Waals surface area (Å²) in [4.78, 5) is 6.65. The largest absolute Gasteiger partial charge is 0.369 e. The van der Waals surface area contributed by atoms with Crippen LogP contribution in [0, 0.1) is 6.92 Å². The molecule has 16 heavy (non-hydrogen) atoms. The molecule has 1 aromatic rings. The first-order chi connectivity index (χ1) is 7.50. The number of nitrogens with zero attached hydrogens (tertiary/aromatic N) is 2. The summed E-state index contributed by atoms with van der Waals surface area (Å²) in [5.41, 5.74) is 1.17. The number of halogens is 1. The fraction of sp³-hybridized carbons (Fsp3) is 0.583.